The Hall–Kier alpha value is -3.16. The Balaban J connectivity index is 1.71. The highest BCUT2D eigenvalue weighted by Crippen LogP contribution is 2.42. The van der Waals surface area contributed by atoms with E-state index in [-0.39, 0.29) is 25.0 Å². The van der Waals surface area contributed by atoms with Crippen LogP contribution in [-0.2, 0) is 17.6 Å². The molecule has 1 atom stereocenters. The second kappa shape index (κ2) is 7.76. The molecule has 2 aliphatic heterocycles. The van der Waals surface area contributed by atoms with E-state index in [1.807, 2.05) is 29.3 Å². The van der Waals surface area contributed by atoms with Crippen molar-refractivity contribution in [3.8, 4) is 0 Å². The van der Waals surface area contributed by atoms with Crippen LogP contribution in [0.15, 0.2) is 72.3 Å². The van der Waals surface area contributed by atoms with Gasteiger partial charge in [-0.15, -0.1) is 0 Å². The average molecular weight is 435 g/mol. The van der Waals surface area contributed by atoms with Crippen molar-refractivity contribution in [2.45, 2.75) is 31.4 Å². The summed E-state index contributed by atoms with van der Waals surface area (Å²) in [7, 11) is 0. The molecule has 32 heavy (non-hydrogen) atoms. The van der Waals surface area contributed by atoms with E-state index in [4.69, 9.17) is 0 Å². The molecule has 0 bridgehead atoms. The first-order valence-electron chi connectivity index (χ1n) is 10.8. The number of alkyl halides is 1. The molecule has 1 fully saturated rings. The third-order valence-corrected chi connectivity index (χ3v) is 6.57. The average Bonchev–Trinajstić information content (AvgIpc) is 2.95. The summed E-state index contributed by atoms with van der Waals surface area (Å²) in [5.74, 6) is -0.940. The van der Waals surface area contributed by atoms with Crippen molar-refractivity contribution in [2.75, 3.05) is 19.9 Å². The maximum Gasteiger partial charge on any atom is 0.276 e. The zero-order valence-electron chi connectivity index (χ0n) is 17.9. The summed E-state index contributed by atoms with van der Waals surface area (Å²) >= 11 is 0. The molecular weight excluding hydrogens is 409 g/mol. The molecule has 1 aliphatic carbocycles. The third kappa shape index (κ3) is 3.20. The van der Waals surface area contributed by atoms with Crippen LogP contribution in [-0.4, -0.2) is 56.5 Å². The fourth-order valence-electron chi connectivity index (χ4n) is 4.88. The van der Waals surface area contributed by atoms with Crippen molar-refractivity contribution in [1.82, 2.24) is 14.9 Å². The normalized spacial score (nSPS) is 23.7. The maximum absolute atomic E-state index is 13.4. The monoisotopic (exact) mass is 435 g/mol. The Morgan fingerprint density at radius 3 is 2.25 bits per heavy atom. The molecular formula is C25H26FN3O3. The van der Waals surface area contributed by atoms with E-state index in [0.717, 1.165) is 24.0 Å². The Morgan fingerprint density at radius 1 is 1.06 bits per heavy atom. The van der Waals surface area contributed by atoms with Crippen molar-refractivity contribution >= 4 is 5.91 Å². The highest BCUT2D eigenvalue weighted by Gasteiger charge is 2.46. The number of halogens is 1. The molecule has 0 aromatic heterocycles. The number of aliphatic hydroxyl groups excluding tert-OH is 1. The fraction of sp³-hybridized carbons (Fsp3) is 0.320. The Bertz CT molecular complexity index is 1080. The first-order valence-corrected chi connectivity index (χ1v) is 10.8. The fourth-order valence-corrected chi connectivity index (χ4v) is 4.88. The van der Waals surface area contributed by atoms with E-state index in [1.165, 1.54) is 29.0 Å². The van der Waals surface area contributed by atoms with Gasteiger partial charge in [-0.25, -0.2) is 4.39 Å². The van der Waals surface area contributed by atoms with Crippen molar-refractivity contribution in [1.29, 1.82) is 0 Å². The summed E-state index contributed by atoms with van der Waals surface area (Å²) in [6.07, 6.45) is 4.87. The molecule has 2 heterocycles. The lowest BCUT2D eigenvalue weighted by Gasteiger charge is -2.49. The highest BCUT2D eigenvalue weighted by atomic mass is 19.1. The summed E-state index contributed by atoms with van der Waals surface area (Å²) in [4.78, 5) is 14.5. The van der Waals surface area contributed by atoms with Gasteiger partial charge in [0.05, 0.1) is 19.3 Å². The summed E-state index contributed by atoms with van der Waals surface area (Å²) in [5, 5.41) is 25.0. The minimum Gasteiger partial charge on any atom is -0.507 e. The molecule has 1 saturated heterocycles. The number of carbonyl (C=O) groups excluding carboxylic acids is 1. The van der Waals surface area contributed by atoms with E-state index >= 15 is 0 Å². The Labute approximate surface area is 186 Å². The Kier molecular flexibility index (Phi) is 5.03. The summed E-state index contributed by atoms with van der Waals surface area (Å²) in [6.45, 7) is 0.782. The zero-order chi connectivity index (χ0) is 22.5. The molecule has 2 aromatic rings. The molecule has 5 rings (SSSR count). The van der Waals surface area contributed by atoms with Gasteiger partial charge in [0.1, 0.15) is 12.3 Å². The van der Waals surface area contributed by atoms with Crippen molar-refractivity contribution < 1.29 is 19.4 Å². The highest BCUT2D eigenvalue weighted by molar-refractivity contribution is 5.94. The van der Waals surface area contributed by atoms with Crippen LogP contribution >= 0.6 is 0 Å². The minimum absolute atomic E-state index is 0.0450. The first-order chi connectivity index (χ1) is 15.4. The van der Waals surface area contributed by atoms with Crippen LogP contribution in [0.5, 0.6) is 0 Å². The number of hydrazine groups is 1. The molecule has 3 aliphatic rings. The number of aryl methyl sites for hydroxylation is 2. The van der Waals surface area contributed by atoms with E-state index in [0.29, 0.717) is 0 Å². The van der Waals surface area contributed by atoms with Gasteiger partial charge in [-0.3, -0.25) is 9.80 Å². The van der Waals surface area contributed by atoms with Crippen LogP contribution in [0.25, 0.3) is 0 Å². The van der Waals surface area contributed by atoms with Crippen molar-refractivity contribution in [3.63, 3.8) is 0 Å². The molecule has 0 saturated carbocycles. The topological polar surface area (TPSA) is 67.2 Å². The number of carbonyl (C=O) groups is 1. The van der Waals surface area contributed by atoms with Gasteiger partial charge in [0, 0.05) is 6.20 Å². The molecule has 7 heteroatoms. The van der Waals surface area contributed by atoms with Crippen LogP contribution in [0.2, 0.25) is 0 Å². The number of rotatable bonds is 3. The number of nitrogens with zero attached hydrogens (tertiary/aromatic N) is 3. The lowest BCUT2D eigenvalue weighted by molar-refractivity contribution is -0.150. The number of hydrogen-bond acceptors (Lipinski definition) is 5. The van der Waals surface area contributed by atoms with Crippen LogP contribution < -0.4 is 0 Å². The van der Waals surface area contributed by atoms with Gasteiger partial charge in [-0.05, 0) is 48.1 Å². The molecule has 6 nitrogen and oxygen atoms in total. The second-order valence-electron chi connectivity index (χ2n) is 8.64. The second-order valence-corrected chi connectivity index (χ2v) is 8.64. The van der Waals surface area contributed by atoms with Gasteiger partial charge in [0.25, 0.3) is 5.91 Å². The van der Waals surface area contributed by atoms with E-state index < -0.39 is 23.9 Å². The molecule has 0 radical (unpaired) electrons. The Morgan fingerprint density at radius 2 is 1.66 bits per heavy atom. The first kappa shape index (κ1) is 20.7. The number of hydrogen-bond donors (Lipinski definition) is 2. The van der Waals surface area contributed by atoms with Gasteiger partial charge in [0.15, 0.2) is 11.5 Å². The van der Waals surface area contributed by atoms with Crippen molar-refractivity contribution in [3.05, 3.63) is 94.5 Å². The maximum atomic E-state index is 13.4. The van der Waals surface area contributed by atoms with Crippen LogP contribution in [0.3, 0.4) is 0 Å². The van der Waals surface area contributed by atoms with E-state index in [2.05, 4.69) is 24.3 Å². The van der Waals surface area contributed by atoms with Gasteiger partial charge in [-0.1, -0.05) is 48.5 Å². The van der Waals surface area contributed by atoms with Gasteiger partial charge >= 0.3 is 0 Å². The predicted molar refractivity (Wildman–Crippen MR) is 118 cm³/mol. The standard InChI is InChI=1S/C25H26FN3O3/c1-25(32)12-14-28-22(23(25)30)24(31)27(15-13-26)16-29(28)21-19-8-4-2-6-17(19)10-11-18-7-3-5-9-20(18)21/h2-9,12,14,21,30,32H,10-11,13,15-16H2,1H3. The SMILES string of the molecule is CC1(O)C=CN2C(=C1O)C(=O)N(CCF)CN2C1c2ccccc2CCc2ccccc21. The van der Waals surface area contributed by atoms with E-state index in [1.54, 1.807) is 11.2 Å². The largest absolute Gasteiger partial charge is 0.507 e. The van der Waals surface area contributed by atoms with Crippen LogP contribution in [0, 0.1) is 0 Å². The zero-order valence-corrected chi connectivity index (χ0v) is 17.9. The summed E-state index contributed by atoms with van der Waals surface area (Å²) in [6, 6.07) is 16.2. The van der Waals surface area contributed by atoms with Gasteiger partial charge < -0.3 is 15.1 Å². The molecule has 0 spiro atoms. The summed E-state index contributed by atoms with van der Waals surface area (Å²) < 4.78 is 13.4. The predicted octanol–water partition coefficient (Wildman–Crippen LogP) is 3.21. The van der Waals surface area contributed by atoms with Crippen molar-refractivity contribution in [2.24, 2.45) is 0 Å². The molecule has 2 N–H and O–H groups in total. The number of amides is 1. The number of aliphatic hydroxyl groups is 2. The molecule has 1 amide bonds. The van der Waals surface area contributed by atoms with Crippen LogP contribution in [0.1, 0.15) is 35.2 Å². The van der Waals surface area contributed by atoms with Gasteiger partial charge in [-0.2, -0.15) is 5.01 Å². The van der Waals surface area contributed by atoms with E-state index in [9.17, 15) is 19.4 Å². The third-order valence-electron chi connectivity index (χ3n) is 6.57. The smallest absolute Gasteiger partial charge is 0.276 e. The minimum atomic E-state index is -1.68. The quantitative estimate of drug-likeness (QED) is 0.775. The molecule has 1 unspecified atom stereocenters. The van der Waals surface area contributed by atoms with Gasteiger partial charge in [0.2, 0.25) is 0 Å². The van der Waals surface area contributed by atoms with Crippen LogP contribution in [0.4, 0.5) is 4.39 Å². The molecule has 2 aromatic carbocycles. The molecule has 166 valence electrons. The summed E-state index contributed by atoms with van der Waals surface area (Å²) in [5.41, 5.74) is 2.92. The lowest BCUT2D eigenvalue weighted by atomic mass is 9.93. The lowest BCUT2D eigenvalue weighted by Crippen LogP contribution is -2.59. The number of benzene rings is 2. The number of fused-ring (bicyclic) bond motifs is 3.